The first-order chi connectivity index (χ1) is 14.5. The largest absolute Gasteiger partial charge is 0.390 e. The summed E-state index contributed by atoms with van der Waals surface area (Å²) in [6, 6.07) is 13.5. The molecule has 1 atom stereocenters. The van der Waals surface area contributed by atoms with Crippen molar-refractivity contribution in [2.75, 3.05) is 5.32 Å². The topological polar surface area (TPSA) is 117 Å². The van der Waals surface area contributed by atoms with Crippen molar-refractivity contribution in [1.82, 2.24) is 29.8 Å². The third-order valence-electron chi connectivity index (χ3n) is 4.53. The Balaban J connectivity index is 1.39. The van der Waals surface area contributed by atoms with Crippen LogP contribution in [0.2, 0.25) is 0 Å². The lowest BCUT2D eigenvalue weighted by Crippen LogP contribution is -2.09. The minimum atomic E-state index is -0.488. The zero-order valence-electron chi connectivity index (χ0n) is 16.5. The Morgan fingerprint density at radius 3 is 2.73 bits per heavy atom. The SMILES string of the molecule is Cc1cc([N+](=O)[O-])nn1C[C@H](C)c1nnc(Nc2ccn(Cc3ccccc3)n2)s1. The highest BCUT2D eigenvalue weighted by molar-refractivity contribution is 7.15. The van der Waals surface area contributed by atoms with Gasteiger partial charge < -0.3 is 15.4 Å². The maximum absolute atomic E-state index is 10.9. The summed E-state index contributed by atoms with van der Waals surface area (Å²) in [6.07, 6.45) is 1.91. The number of rotatable bonds is 8. The van der Waals surface area contributed by atoms with Crippen LogP contribution in [0.4, 0.5) is 16.8 Å². The Hall–Kier alpha value is -3.60. The Labute approximate surface area is 176 Å². The summed E-state index contributed by atoms with van der Waals surface area (Å²) in [7, 11) is 0. The van der Waals surface area contributed by atoms with E-state index < -0.39 is 4.92 Å². The predicted octanol–water partition coefficient (Wildman–Crippen LogP) is 3.74. The molecule has 3 heterocycles. The number of benzene rings is 1. The summed E-state index contributed by atoms with van der Waals surface area (Å²) in [5.41, 5.74) is 1.91. The van der Waals surface area contributed by atoms with Gasteiger partial charge in [0.15, 0.2) is 5.82 Å². The minimum absolute atomic E-state index is 0.00638. The molecule has 10 nitrogen and oxygen atoms in total. The number of nitrogens with zero attached hydrogens (tertiary/aromatic N) is 7. The van der Waals surface area contributed by atoms with Gasteiger partial charge in [-0.2, -0.15) is 9.78 Å². The Kier molecular flexibility index (Phi) is 5.53. The van der Waals surface area contributed by atoms with Crippen LogP contribution in [0, 0.1) is 17.0 Å². The van der Waals surface area contributed by atoms with Crippen molar-refractivity contribution < 1.29 is 4.92 Å². The molecule has 4 aromatic rings. The molecule has 0 aliphatic carbocycles. The number of hydrogen-bond donors (Lipinski definition) is 1. The fourth-order valence-electron chi connectivity index (χ4n) is 2.98. The average molecular weight is 424 g/mol. The van der Waals surface area contributed by atoms with E-state index in [1.54, 1.807) is 11.6 Å². The fraction of sp³-hybridized carbons (Fsp3) is 0.263. The molecule has 0 unspecified atom stereocenters. The molecule has 0 spiro atoms. The molecule has 154 valence electrons. The van der Waals surface area contributed by atoms with Gasteiger partial charge in [0.1, 0.15) is 5.01 Å². The lowest BCUT2D eigenvalue weighted by atomic mass is 10.2. The summed E-state index contributed by atoms with van der Waals surface area (Å²) in [6.45, 7) is 4.97. The summed E-state index contributed by atoms with van der Waals surface area (Å²) in [4.78, 5) is 10.4. The Morgan fingerprint density at radius 2 is 2.00 bits per heavy atom. The molecular weight excluding hydrogens is 404 g/mol. The zero-order chi connectivity index (χ0) is 21.1. The van der Waals surface area contributed by atoms with Crippen molar-refractivity contribution in [2.24, 2.45) is 0 Å². The standard InChI is InChI=1S/C19H20N8O2S/c1-13(11-26-14(2)10-17(24-26)27(28)29)18-21-22-19(30-18)20-16-8-9-25(23-16)12-15-6-4-3-5-7-15/h3-10,13H,11-12H2,1-2H3,(H,20,22,23)/t13-/m0/s1. The van der Waals surface area contributed by atoms with E-state index in [0.29, 0.717) is 24.0 Å². The summed E-state index contributed by atoms with van der Waals surface area (Å²) in [5.74, 6) is 0.553. The number of aromatic nitrogens is 6. The molecule has 0 bridgehead atoms. The predicted molar refractivity (Wildman–Crippen MR) is 113 cm³/mol. The normalized spacial score (nSPS) is 12.1. The van der Waals surface area contributed by atoms with Gasteiger partial charge in [0.25, 0.3) is 0 Å². The molecule has 3 aromatic heterocycles. The van der Waals surface area contributed by atoms with Crippen molar-refractivity contribution >= 4 is 28.1 Å². The number of hydrogen-bond acceptors (Lipinski definition) is 8. The maximum atomic E-state index is 10.9. The first kappa shape index (κ1) is 19.7. The quantitative estimate of drug-likeness (QED) is 0.338. The summed E-state index contributed by atoms with van der Waals surface area (Å²) >= 11 is 1.43. The lowest BCUT2D eigenvalue weighted by Gasteiger charge is -2.05. The summed E-state index contributed by atoms with van der Waals surface area (Å²) in [5, 5.41) is 32.5. The van der Waals surface area contributed by atoms with E-state index in [0.717, 1.165) is 10.7 Å². The van der Waals surface area contributed by atoms with Crippen molar-refractivity contribution in [3.05, 3.63) is 75.0 Å². The molecule has 0 aliphatic heterocycles. The molecule has 0 aliphatic rings. The highest BCUT2D eigenvalue weighted by Gasteiger charge is 2.20. The van der Waals surface area contributed by atoms with Crippen LogP contribution in [0.5, 0.6) is 0 Å². The van der Waals surface area contributed by atoms with Crippen molar-refractivity contribution in [2.45, 2.75) is 32.9 Å². The van der Waals surface area contributed by atoms with E-state index >= 15 is 0 Å². The Morgan fingerprint density at radius 1 is 1.20 bits per heavy atom. The first-order valence-corrected chi connectivity index (χ1v) is 10.2. The molecule has 0 fully saturated rings. The van der Waals surface area contributed by atoms with Crippen molar-refractivity contribution in [3.8, 4) is 0 Å². The van der Waals surface area contributed by atoms with E-state index in [9.17, 15) is 10.1 Å². The van der Waals surface area contributed by atoms with Crippen LogP contribution < -0.4 is 5.32 Å². The van der Waals surface area contributed by atoms with Gasteiger partial charge in [0, 0.05) is 18.2 Å². The Bertz CT molecular complexity index is 1150. The number of nitrogens with one attached hydrogen (secondary N) is 1. The van der Waals surface area contributed by atoms with E-state index in [1.165, 1.54) is 23.0 Å². The maximum Gasteiger partial charge on any atom is 0.390 e. The third-order valence-corrected chi connectivity index (χ3v) is 5.60. The van der Waals surface area contributed by atoms with Crippen LogP contribution in [-0.4, -0.2) is 34.7 Å². The molecular formula is C19H20N8O2S. The monoisotopic (exact) mass is 424 g/mol. The van der Waals surface area contributed by atoms with E-state index in [2.05, 4.69) is 37.8 Å². The van der Waals surface area contributed by atoms with Crippen LogP contribution in [0.25, 0.3) is 0 Å². The molecule has 11 heteroatoms. The molecule has 30 heavy (non-hydrogen) atoms. The molecule has 1 aromatic carbocycles. The van der Waals surface area contributed by atoms with Gasteiger partial charge in [-0.3, -0.25) is 4.68 Å². The molecule has 0 amide bonds. The number of nitro groups is 1. The van der Waals surface area contributed by atoms with Crippen LogP contribution in [-0.2, 0) is 13.1 Å². The fourth-order valence-corrected chi connectivity index (χ4v) is 3.78. The van der Waals surface area contributed by atoms with Gasteiger partial charge in [0.2, 0.25) is 5.13 Å². The van der Waals surface area contributed by atoms with Gasteiger partial charge in [0.05, 0.1) is 29.9 Å². The molecule has 0 radical (unpaired) electrons. The number of anilines is 2. The van der Waals surface area contributed by atoms with Gasteiger partial charge in [-0.25, -0.2) is 0 Å². The second kappa shape index (κ2) is 8.41. The minimum Gasteiger partial charge on any atom is -0.358 e. The molecule has 0 saturated heterocycles. The second-order valence-corrected chi connectivity index (χ2v) is 7.95. The highest BCUT2D eigenvalue weighted by Crippen LogP contribution is 2.27. The second-order valence-electron chi connectivity index (χ2n) is 6.94. The summed E-state index contributed by atoms with van der Waals surface area (Å²) < 4.78 is 3.48. The van der Waals surface area contributed by atoms with Crippen molar-refractivity contribution in [3.63, 3.8) is 0 Å². The first-order valence-electron chi connectivity index (χ1n) is 9.34. The van der Waals surface area contributed by atoms with E-state index in [4.69, 9.17) is 0 Å². The lowest BCUT2D eigenvalue weighted by molar-refractivity contribution is -0.389. The smallest absolute Gasteiger partial charge is 0.358 e. The van der Waals surface area contributed by atoms with Crippen LogP contribution in [0.15, 0.2) is 48.7 Å². The van der Waals surface area contributed by atoms with Crippen LogP contribution in [0.3, 0.4) is 0 Å². The van der Waals surface area contributed by atoms with Gasteiger partial charge in [-0.1, -0.05) is 48.6 Å². The van der Waals surface area contributed by atoms with E-state index in [-0.39, 0.29) is 11.7 Å². The molecule has 4 rings (SSSR count). The molecule has 1 N–H and O–H groups in total. The van der Waals surface area contributed by atoms with Crippen LogP contribution in [0.1, 0.15) is 29.1 Å². The van der Waals surface area contributed by atoms with Crippen molar-refractivity contribution in [1.29, 1.82) is 0 Å². The van der Waals surface area contributed by atoms with E-state index in [1.807, 2.05) is 42.1 Å². The molecule has 0 saturated carbocycles. The van der Waals surface area contributed by atoms with Gasteiger partial charge >= 0.3 is 5.82 Å². The highest BCUT2D eigenvalue weighted by atomic mass is 32.1. The third kappa shape index (κ3) is 4.51. The number of aryl methyl sites for hydroxylation is 1. The average Bonchev–Trinajstić information content (AvgIpc) is 3.45. The van der Waals surface area contributed by atoms with Gasteiger partial charge in [-0.15, -0.1) is 10.2 Å². The zero-order valence-corrected chi connectivity index (χ0v) is 17.3. The van der Waals surface area contributed by atoms with Gasteiger partial charge in [-0.05, 0) is 17.4 Å². The van der Waals surface area contributed by atoms with Crippen LogP contribution >= 0.6 is 11.3 Å².